The fraction of sp³-hybridized carbons (Fsp3) is 0.524. The molecule has 57 heavy (non-hydrogen) atoms. The van der Waals surface area contributed by atoms with Crippen molar-refractivity contribution in [3.8, 4) is 34.8 Å². The van der Waals surface area contributed by atoms with Gasteiger partial charge in [-0.2, -0.15) is 5.26 Å². The smallest absolute Gasteiger partial charge is 0.287 e. The molecule has 304 valence electrons. The molecule has 2 aromatic carbocycles. The lowest BCUT2D eigenvalue weighted by molar-refractivity contribution is -0.00545. The van der Waals surface area contributed by atoms with E-state index in [1.807, 2.05) is 36.9 Å². The molecule has 3 aromatic rings. The molecule has 1 fully saturated rings. The summed E-state index contributed by atoms with van der Waals surface area (Å²) in [5, 5.41) is 29.7. The summed E-state index contributed by atoms with van der Waals surface area (Å²) in [6.45, 7) is 4.93. The van der Waals surface area contributed by atoms with Crippen LogP contribution in [-0.4, -0.2) is 101 Å². The van der Waals surface area contributed by atoms with Crippen LogP contribution in [0, 0.1) is 30.1 Å². The number of allylic oxidation sites excluding steroid dienone is 1. The zero-order chi connectivity index (χ0) is 40.7. The second-order valence-electron chi connectivity index (χ2n) is 15.2. The molecule has 1 aromatic heterocycles. The first-order valence-corrected chi connectivity index (χ1v) is 19.3. The number of carbonyl (C=O) groups is 1. The number of aryl methyl sites for hydroxylation is 1. The van der Waals surface area contributed by atoms with Crippen LogP contribution in [0.1, 0.15) is 86.6 Å². The minimum absolute atomic E-state index is 0.0302. The van der Waals surface area contributed by atoms with Crippen molar-refractivity contribution < 1.29 is 42.7 Å². The molecule has 0 bridgehead atoms. The second-order valence-corrected chi connectivity index (χ2v) is 15.2. The normalized spacial score (nSPS) is 21.8. The summed E-state index contributed by atoms with van der Waals surface area (Å²) in [7, 11) is 9.88. The third kappa shape index (κ3) is 6.83. The Kier molecular flexibility index (Phi) is 11.4. The number of hydrogen-bond acceptors (Lipinski definition) is 14. The first kappa shape index (κ1) is 39.9. The molecule has 4 aliphatic rings. The van der Waals surface area contributed by atoms with E-state index in [0.717, 1.165) is 24.2 Å². The Bertz CT molecular complexity index is 2130. The summed E-state index contributed by atoms with van der Waals surface area (Å²) < 4.78 is 41.4. The van der Waals surface area contributed by atoms with E-state index in [1.165, 1.54) is 14.2 Å². The van der Waals surface area contributed by atoms with Crippen molar-refractivity contribution in [1.82, 2.24) is 15.1 Å². The fourth-order valence-corrected chi connectivity index (χ4v) is 9.58. The van der Waals surface area contributed by atoms with E-state index in [1.54, 1.807) is 27.2 Å². The molecule has 0 saturated carbocycles. The monoisotopic (exact) mass is 785 g/mol. The summed E-state index contributed by atoms with van der Waals surface area (Å²) in [5.41, 5.74) is 4.55. The number of nitrogens with one attached hydrogen (secondary N) is 1. The number of phenols is 1. The van der Waals surface area contributed by atoms with Gasteiger partial charge in [-0.3, -0.25) is 9.69 Å². The lowest BCUT2D eigenvalue weighted by Crippen LogP contribution is -2.55. The number of hydrogen-bond donors (Lipinski definition) is 2. The van der Waals surface area contributed by atoms with Gasteiger partial charge in [0, 0.05) is 83.6 Å². The predicted octanol–water partition coefficient (Wildman–Crippen LogP) is 5.97. The number of nitroso groups, excluding NO2 is 1. The van der Waals surface area contributed by atoms with Gasteiger partial charge in [-0.25, -0.2) is 0 Å². The van der Waals surface area contributed by atoms with Gasteiger partial charge in [0.2, 0.25) is 0 Å². The number of likely N-dealkylation sites (N-methyl/N-ethyl adjacent to an activating group) is 1. The highest BCUT2D eigenvalue weighted by molar-refractivity contribution is 5.92. The Morgan fingerprint density at radius 1 is 0.982 bits per heavy atom. The van der Waals surface area contributed by atoms with E-state index < -0.39 is 30.1 Å². The van der Waals surface area contributed by atoms with Gasteiger partial charge in [-0.15, -0.1) is 4.91 Å². The molecule has 15 heteroatoms. The molecule has 15 nitrogen and oxygen atoms in total. The van der Waals surface area contributed by atoms with Crippen LogP contribution in [0.4, 0.5) is 5.69 Å². The van der Waals surface area contributed by atoms with Crippen molar-refractivity contribution in [2.75, 3.05) is 62.3 Å². The van der Waals surface area contributed by atoms with Crippen LogP contribution >= 0.6 is 0 Å². The number of methoxy groups -OCH3 is 4. The number of nitriles is 1. The summed E-state index contributed by atoms with van der Waals surface area (Å²) in [4.78, 5) is 30.9. The number of ether oxygens (including phenoxy) is 6. The van der Waals surface area contributed by atoms with Gasteiger partial charge in [0.15, 0.2) is 28.7 Å². The number of aromatic hydroxyl groups is 1. The summed E-state index contributed by atoms with van der Waals surface area (Å²) >= 11 is 0. The van der Waals surface area contributed by atoms with Crippen LogP contribution in [-0.2, 0) is 28.7 Å². The molecular weight excluding hydrogens is 734 g/mol. The third-order valence-corrected chi connectivity index (χ3v) is 11.9. The predicted molar refractivity (Wildman–Crippen MR) is 210 cm³/mol. The van der Waals surface area contributed by atoms with E-state index in [4.69, 9.17) is 32.8 Å². The molecule has 1 saturated heterocycles. The molecule has 4 atom stereocenters. The van der Waals surface area contributed by atoms with Crippen LogP contribution in [0.2, 0.25) is 0 Å². The van der Waals surface area contributed by atoms with Crippen LogP contribution in [0.5, 0.6) is 28.7 Å². The highest BCUT2D eigenvalue weighted by Crippen LogP contribution is 2.56. The number of nitrogens with zero attached hydrogens (tertiary/aromatic N) is 4. The molecule has 0 spiro atoms. The van der Waals surface area contributed by atoms with Crippen LogP contribution in [0.25, 0.3) is 6.08 Å². The van der Waals surface area contributed by atoms with Crippen LogP contribution in [0.15, 0.2) is 21.4 Å². The van der Waals surface area contributed by atoms with Crippen molar-refractivity contribution in [1.29, 1.82) is 5.26 Å². The lowest BCUT2D eigenvalue weighted by Gasteiger charge is -2.48. The van der Waals surface area contributed by atoms with E-state index in [9.17, 15) is 20.1 Å². The molecule has 7 rings (SSSR count). The number of rotatable bonds is 11. The minimum Gasteiger partial charge on any atom is -0.504 e. The molecule has 3 aliphatic heterocycles. The number of carbonyl (C=O) groups excluding carboxylic acids is 1. The Morgan fingerprint density at radius 3 is 2.25 bits per heavy atom. The van der Waals surface area contributed by atoms with Crippen molar-refractivity contribution in [3.63, 3.8) is 0 Å². The molecule has 2 N–H and O–H groups in total. The van der Waals surface area contributed by atoms with Crippen molar-refractivity contribution in [2.24, 2.45) is 5.18 Å². The van der Waals surface area contributed by atoms with Crippen LogP contribution < -0.4 is 24.3 Å². The van der Waals surface area contributed by atoms with Gasteiger partial charge in [0.1, 0.15) is 29.4 Å². The molecule has 0 radical (unpaired) electrons. The van der Waals surface area contributed by atoms with Gasteiger partial charge < -0.3 is 48.2 Å². The maximum absolute atomic E-state index is 14.1. The van der Waals surface area contributed by atoms with E-state index in [2.05, 4.69) is 16.6 Å². The molecular formula is C42H51N5O10. The number of amides is 1. The first-order valence-electron chi connectivity index (χ1n) is 19.3. The Hall–Kier alpha value is -5.30. The molecule has 2 unspecified atom stereocenters. The maximum Gasteiger partial charge on any atom is 0.287 e. The Labute approximate surface area is 332 Å². The van der Waals surface area contributed by atoms with E-state index in [0.29, 0.717) is 88.9 Å². The minimum atomic E-state index is -0.817. The lowest BCUT2D eigenvalue weighted by atomic mass is 9.80. The maximum atomic E-state index is 14.1. The van der Waals surface area contributed by atoms with Gasteiger partial charge in [0.05, 0.1) is 65.6 Å². The Morgan fingerprint density at radius 2 is 1.63 bits per heavy atom. The highest BCUT2D eigenvalue weighted by Gasteiger charge is 2.50. The topological polar surface area (TPSA) is 178 Å². The third-order valence-electron chi connectivity index (χ3n) is 11.9. The van der Waals surface area contributed by atoms with Crippen molar-refractivity contribution >= 4 is 17.7 Å². The summed E-state index contributed by atoms with van der Waals surface area (Å²) in [6.07, 6.45) is 5.43. The molecule has 1 amide bonds. The standard InChI is InChI=1S/C42H51N5O10/c1-21-38(51-5)27-17-24(19-43)47-29(36(46(3)4)34(27)35(45-50)40(21)53-7)18-28-33(37(48)41(54-8)22(2)39(28)52-6)30(47)20-44-42(49)32-16-23-15-26(9-10-31(23)57-32)56-25-11-13-55-14-12-25/h15-16,24-25,29-30,36,48H,9-14,17-18,20H2,1-8H3,(H,44,49)/t24-,29?,30?,36+/m1/s1. The molecule has 4 heterocycles. The van der Waals surface area contributed by atoms with Crippen LogP contribution in [0.3, 0.4) is 0 Å². The quantitative estimate of drug-likeness (QED) is 0.218. The van der Waals surface area contributed by atoms with Crippen molar-refractivity contribution in [2.45, 2.75) is 82.6 Å². The zero-order valence-corrected chi connectivity index (χ0v) is 33.8. The van der Waals surface area contributed by atoms with Gasteiger partial charge in [-0.05, 0) is 51.7 Å². The Balaban J connectivity index is 1.32. The number of phenolic OH excluding ortho intramolecular Hbond substituents is 1. The SMILES string of the molecule is COc1c(C)c(OC)c2c(c1O)C(CNC(=O)c1cc3c(o1)CCC(OC1CCOCC1)=C3)N1C(C2)[C@H](N(C)C)c2c(c(OC)c(C)c(OC)c2N=O)C[C@@H]1C#N. The van der Waals surface area contributed by atoms with E-state index >= 15 is 0 Å². The van der Waals surface area contributed by atoms with Gasteiger partial charge in [0.25, 0.3) is 5.91 Å². The molecule has 1 aliphatic carbocycles. The van der Waals surface area contributed by atoms with Crippen molar-refractivity contribution in [3.05, 3.63) is 67.2 Å². The zero-order valence-electron chi connectivity index (χ0n) is 33.8. The van der Waals surface area contributed by atoms with Gasteiger partial charge >= 0.3 is 0 Å². The van der Waals surface area contributed by atoms with Gasteiger partial charge in [-0.1, -0.05) is 0 Å². The van der Waals surface area contributed by atoms with E-state index in [-0.39, 0.29) is 42.0 Å². The summed E-state index contributed by atoms with van der Waals surface area (Å²) in [6, 6.07) is 1.60. The highest BCUT2D eigenvalue weighted by atomic mass is 16.5. The first-order chi connectivity index (χ1) is 27.5. The fourth-order valence-electron chi connectivity index (χ4n) is 9.58. The summed E-state index contributed by atoms with van der Waals surface area (Å²) in [5.74, 6) is 2.68. The number of benzene rings is 2. The number of fused-ring (bicyclic) bond motifs is 4. The average Bonchev–Trinajstić information content (AvgIpc) is 3.57. The number of furan rings is 1. The second kappa shape index (κ2) is 16.3. The average molecular weight is 786 g/mol. The largest absolute Gasteiger partial charge is 0.504 e.